The first kappa shape index (κ1) is 17.6. The first-order valence-electron chi connectivity index (χ1n) is 6.77. The summed E-state index contributed by atoms with van der Waals surface area (Å²) in [7, 11) is 0. The van der Waals surface area contributed by atoms with Crippen LogP contribution in [0, 0.1) is 0 Å². The molecule has 2 N–H and O–H groups in total. The van der Waals surface area contributed by atoms with E-state index in [1.54, 1.807) is 5.32 Å². The van der Waals surface area contributed by atoms with Gasteiger partial charge in [0.05, 0.1) is 12.9 Å². The zero-order chi connectivity index (χ0) is 18.1. The average molecular weight is 346 g/mol. The van der Waals surface area contributed by atoms with E-state index in [0.29, 0.717) is 0 Å². The number of allylic oxidation sites excluding steroid dienone is 1. The SMILES string of the molecule is CCOC(=O)C1=C(C)NC(=O)C1(NC(=O)c1ccco1)C(F)(F)F. The topological polar surface area (TPSA) is 97.6 Å². The highest BCUT2D eigenvalue weighted by Crippen LogP contribution is 2.41. The lowest BCUT2D eigenvalue weighted by Gasteiger charge is -2.31. The highest BCUT2D eigenvalue weighted by atomic mass is 19.4. The summed E-state index contributed by atoms with van der Waals surface area (Å²) in [5.74, 6) is -4.70. The van der Waals surface area contributed by atoms with Gasteiger partial charge in [-0.15, -0.1) is 0 Å². The minimum absolute atomic E-state index is 0.204. The minimum atomic E-state index is -5.29. The lowest BCUT2D eigenvalue weighted by Crippen LogP contribution is -2.66. The van der Waals surface area contributed by atoms with Crippen LogP contribution in [-0.2, 0) is 14.3 Å². The van der Waals surface area contributed by atoms with Gasteiger partial charge >= 0.3 is 12.1 Å². The molecule has 0 saturated heterocycles. The molecule has 2 heterocycles. The van der Waals surface area contributed by atoms with Crippen LogP contribution in [0.1, 0.15) is 24.4 Å². The zero-order valence-corrected chi connectivity index (χ0v) is 12.6. The summed E-state index contributed by atoms with van der Waals surface area (Å²) in [6.07, 6.45) is -4.21. The van der Waals surface area contributed by atoms with Gasteiger partial charge in [-0.2, -0.15) is 13.2 Å². The smallest absolute Gasteiger partial charge is 0.425 e. The van der Waals surface area contributed by atoms with Gasteiger partial charge in [0, 0.05) is 5.70 Å². The van der Waals surface area contributed by atoms with Gasteiger partial charge in [0.1, 0.15) is 5.57 Å². The standard InChI is InChI=1S/C14H13F3N2O5/c1-3-23-11(21)9-7(2)18-12(22)13(9,14(15,16)17)19-10(20)8-5-4-6-24-8/h4-6H,3H2,1-2H3,(H,18,22)(H,19,20). The monoisotopic (exact) mass is 346 g/mol. The number of carbonyl (C=O) groups excluding carboxylic acids is 3. The van der Waals surface area contributed by atoms with Gasteiger partial charge in [-0.25, -0.2) is 4.79 Å². The zero-order valence-electron chi connectivity index (χ0n) is 12.6. The summed E-state index contributed by atoms with van der Waals surface area (Å²) >= 11 is 0. The highest BCUT2D eigenvalue weighted by Gasteiger charge is 2.69. The molecule has 1 atom stereocenters. The maximum Gasteiger partial charge on any atom is 0.425 e. The Morgan fingerprint density at radius 2 is 2.08 bits per heavy atom. The Morgan fingerprint density at radius 3 is 2.58 bits per heavy atom. The fourth-order valence-electron chi connectivity index (χ4n) is 2.33. The number of amides is 2. The van der Waals surface area contributed by atoms with Gasteiger partial charge in [0.2, 0.25) is 5.54 Å². The molecule has 0 radical (unpaired) electrons. The molecular weight excluding hydrogens is 333 g/mol. The van der Waals surface area contributed by atoms with Crippen LogP contribution in [-0.4, -0.2) is 36.1 Å². The van der Waals surface area contributed by atoms with Crippen molar-refractivity contribution in [1.29, 1.82) is 0 Å². The van der Waals surface area contributed by atoms with Crippen molar-refractivity contribution < 1.29 is 36.7 Å². The van der Waals surface area contributed by atoms with E-state index in [2.05, 4.69) is 4.74 Å². The number of hydrogen-bond acceptors (Lipinski definition) is 5. The van der Waals surface area contributed by atoms with Crippen molar-refractivity contribution in [1.82, 2.24) is 10.6 Å². The summed E-state index contributed by atoms with van der Waals surface area (Å²) in [5, 5.41) is 3.50. The van der Waals surface area contributed by atoms with Crippen LogP contribution in [0.15, 0.2) is 34.1 Å². The van der Waals surface area contributed by atoms with E-state index in [4.69, 9.17) is 4.42 Å². The van der Waals surface area contributed by atoms with E-state index in [1.807, 2.05) is 5.32 Å². The molecule has 10 heteroatoms. The fraction of sp³-hybridized carbons (Fsp3) is 0.357. The van der Waals surface area contributed by atoms with Crippen molar-refractivity contribution in [3.05, 3.63) is 35.4 Å². The third kappa shape index (κ3) is 2.63. The Morgan fingerprint density at radius 1 is 1.42 bits per heavy atom. The molecule has 130 valence electrons. The number of nitrogens with one attached hydrogen (secondary N) is 2. The van der Waals surface area contributed by atoms with E-state index in [1.165, 1.54) is 13.0 Å². The van der Waals surface area contributed by atoms with Crippen molar-refractivity contribution in [3.63, 3.8) is 0 Å². The number of rotatable bonds is 4. The van der Waals surface area contributed by atoms with Crippen LogP contribution < -0.4 is 10.6 Å². The quantitative estimate of drug-likeness (QED) is 0.801. The molecule has 2 rings (SSSR count). The van der Waals surface area contributed by atoms with Gasteiger partial charge in [0.25, 0.3) is 11.8 Å². The molecule has 7 nitrogen and oxygen atoms in total. The average Bonchev–Trinajstić information content (AvgIpc) is 3.06. The van der Waals surface area contributed by atoms with E-state index >= 15 is 0 Å². The normalized spacial score (nSPS) is 20.8. The molecule has 0 aliphatic carbocycles. The number of carbonyl (C=O) groups is 3. The molecule has 2 amide bonds. The molecule has 1 aromatic heterocycles. The predicted octanol–water partition coefficient (Wildman–Crippen LogP) is 1.28. The van der Waals surface area contributed by atoms with Crippen LogP contribution >= 0.6 is 0 Å². The summed E-state index contributed by atoms with van der Waals surface area (Å²) < 4.78 is 50.6. The van der Waals surface area contributed by atoms with E-state index < -0.39 is 40.8 Å². The van der Waals surface area contributed by atoms with Crippen molar-refractivity contribution in [2.45, 2.75) is 25.6 Å². The van der Waals surface area contributed by atoms with Crippen LogP contribution in [0.4, 0.5) is 13.2 Å². The third-order valence-corrected chi connectivity index (χ3v) is 3.34. The van der Waals surface area contributed by atoms with Crippen LogP contribution in [0.5, 0.6) is 0 Å². The molecule has 0 saturated carbocycles. The molecule has 1 aromatic rings. The number of alkyl halides is 3. The first-order valence-corrected chi connectivity index (χ1v) is 6.77. The number of halogens is 3. The molecule has 1 unspecified atom stereocenters. The fourth-order valence-corrected chi connectivity index (χ4v) is 2.33. The molecule has 0 aromatic carbocycles. The van der Waals surface area contributed by atoms with Gasteiger partial charge in [-0.1, -0.05) is 0 Å². The predicted molar refractivity (Wildman–Crippen MR) is 72.4 cm³/mol. The third-order valence-electron chi connectivity index (χ3n) is 3.34. The van der Waals surface area contributed by atoms with Crippen LogP contribution in [0.25, 0.3) is 0 Å². The van der Waals surface area contributed by atoms with E-state index in [9.17, 15) is 27.6 Å². The molecule has 0 bridgehead atoms. The van der Waals surface area contributed by atoms with Gasteiger partial charge in [-0.05, 0) is 26.0 Å². The van der Waals surface area contributed by atoms with Crippen molar-refractivity contribution in [3.8, 4) is 0 Å². The molecule has 0 fully saturated rings. The molecular formula is C14H13F3N2O5. The van der Waals surface area contributed by atoms with Gasteiger partial charge in [-0.3, -0.25) is 9.59 Å². The molecule has 0 spiro atoms. The molecule has 24 heavy (non-hydrogen) atoms. The van der Waals surface area contributed by atoms with Crippen LogP contribution in [0.3, 0.4) is 0 Å². The summed E-state index contributed by atoms with van der Waals surface area (Å²) in [5.41, 5.74) is -4.93. The summed E-state index contributed by atoms with van der Waals surface area (Å²) in [6, 6.07) is 2.41. The van der Waals surface area contributed by atoms with E-state index in [0.717, 1.165) is 19.3 Å². The first-order chi connectivity index (χ1) is 11.1. The number of ether oxygens (including phenoxy) is 1. The summed E-state index contributed by atoms with van der Waals surface area (Å²) in [6.45, 7) is 2.30. The van der Waals surface area contributed by atoms with Crippen LogP contribution in [0.2, 0.25) is 0 Å². The molecule has 1 aliphatic rings. The lowest BCUT2D eigenvalue weighted by atomic mass is 9.89. The van der Waals surface area contributed by atoms with Crippen molar-refractivity contribution in [2.24, 2.45) is 0 Å². The maximum absolute atomic E-state index is 13.7. The van der Waals surface area contributed by atoms with E-state index in [-0.39, 0.29) is 12.3 Å². The molecule has 1 aliphatic heterocycles. The Hall–Kier alpha value is -2.78. The van der Waals surface area contributed by atoms with Crippen molar-refractivity contribution >= 4 is 17.8 Å². The second-order valence-corrected chi connectivity index (χ2v) is 4.85. The number of esters is 1. The number of furan rings is 1. The lowest BCUT2D eigenvalue weighted by molar-refractivity contribution is -0.189. The maximum atomic E-state index is 13.7. The highest BCUT2D eigenvalue weighted by molar-refractivity contribution is 6.11. The Balaban J connectivity index is 2.55. The Kier molecular flexibility index (Phi) is 4.41. The van der Waals surface area contributed by atoms with Gasteiger partial charge in [0.15, 0.2) is 5.76 Å². The van der Waals surface area contributed by atoms with Gasteiger partial charge < -0.3 is 19.8 Å². The second-order valence-electron chi connectivity index (χ2n) is 4.85. The minimum Gasteiger partial charge on any atom is -0.462 e. The Bertz CT molecular complexity index is 708. The summed E-state index contributed by atoms with van der Waals surface area (Å²) in [4.78, 5) is 36.1. The van der Waals surface area contributed by atoms with Crippen molar-refractivity contribution in [2.75, 3.05) is 6.61 Å². The second kappa shape index (κ2) is 6.02. The largest absolute Gasteiger partial charge is 0.462 e. The Labute approximate surface area is 133 Å². The number of hydrogen-bond donors (Lipinski definition) is 2.